The Labute approximate surface area is 107 Å². The molecule has 0 aliphatic carbocycles. The number of rotatable bonds is 3. The summed E-state index contributed by atoms with van der Waals surface area (Å²) in [6, 6.07) is 0. The Balaban J connectivity index is 2.20. The van der Waals surface area contributed by atoms with Gasteiger partial charge in [0.15, 0.2) is 5.69 Å². The third-order valence-corrected chi connectivity index (χ3v) is 4.13. The predicted molar refractivity (Wildman–Crippen MR) is 67.8 cm³/mol. The van der Waals surface area contributed by atoms with Crippen molar-refractivity contribution in [2.24, 2.45) is 0 Å². The van der Waals surface area contributed by atoms with Gasteiger partial charge in [0.1, 0.15) is 5.01 Å². The van der Waals surface area contributed by atoms with Crippen molar-refractivity contribution in [1.82, 2.24) is 9.97 Å². The van der Waals surface area contributed by atoms with Gasteiger partial charge in [-0.15, -0.1) is 22.7 Å². The topological polar surface area (TPSA) is 52.1 Å². The lowest BCUT2D eigenvalue weighted by atomic mass is 10.4. The van der Waals surface area contributed by atoms with Crippen LogP contribution in [-0.4, -0.2) is 23.0 Å². The minimum atomic E-state index is -0.375. The third kappa shape index (κ3) is 2.70. The van der Waals surface area contributed by atoms with Crippen molar-refractivity contribution in [3.8, 4) is 0 Å². The van der Waals surface area contributed by atoms with Gasteiger partial charge in [0.25, 0.3) is 0 Å². The molecule has 0 unspecified atom stereocenters. The van der Waals surface area contributed by atoms with Crippen LogP contribution in [0.2, 0.25) is 0 Å². The van der Waals surface area contributed by atoms with Crippen LogP contribution < -0.4 is 0 Å². The van der Waals surface area contributed by atoms with E-state index in [1.165, 1.54) is 18.4 Å². The molecule has 2 heterocycles. The van der Waals surface area contributed by atoms with E-state index in [1.54, 1.807) is 11.3 Å². The van der Waals surface area contributed by atoms with Crippen LogP contribution in [0.15, 0.2) is 5.38 Å². The average Bonchev–Trinajstić information content (AvgIpc) is 2.85. The van der Waals surface area contributed by atoms with Crippen LogP contribution in [0.3, 0.4) is 0 Å². The van der Waals surface area contributed by atoms with Gasteiger partial charge >= 0.3 is 5.97 Å². The van der Waals surface area contributed by atoms with Crippen LogP contribution in [0, 0.1) is 13.8 Å². The molecule has 0 aliphatic rings. The lowest BCUT2D eigenvalue weighted by molar-refractivity contribution is 0.0594. The summed E-state index contributed by atoms with van der Waals surface area (Å²) < 4.78 is 4.68. The first-order valence-corrected chi connectivity index (χ1v) is 6.75. The fraction of sp³-hybridized carbons (Fsp3) is 0.364. The zero-order valence-electron chi connectivity index (χ0n) is 9.81. The van der Waals surface area contributed by atoms with E-state index in [0.29, 0.717) is 12.1 Å². The second-order valence-electron chi connectivity index (χ2n) is 3.56. The van der Waals surface area contributed by atoms with E-state index in [0.717, 1.165) is 20.6 Å². The number of aromatic nitrogens is 2. The molecule has 90 valence electrons. The number of esters is 1. The van der Waals surface area contributed by atoms with Gasteiger partial charge in [-0.2, -0.15) is 0 Å². The number of carbonyl (C=O) groups is 1. The highest BCUT2D eigenvalue weighted by atomic mass is 32.1. The second kappa shape index (κ2) is 4.93. The first-order chi connectivity index (χ1) is 8.10. The number of aryl methyl sites for hydroxylation is 2. The van der Waals surface area contributed by atoms with Crippen molar-refractivity contribution in [3.05, 3.63) is 31.7 Å². The summed E-state index contributed by atoms with van der Waals surface area (Å²) in [5.74, 6) is -0.375. The van der Waals surface area contributed by atoms with E-state index in [1.807, 2.05) is 19.2 Å². The van der Waals surface area contributed by atoms with Crippen LogP contribution in [0.1, 0.15) is 31.1 Å². The summed E-state index contributed by atoms with van der Waals surface area (Å²) in [6.07, 6.45) is 0.682. The molecule has 0 N–H and O–H groups in total. The SMILES string of the molecule is COC(=O)c1nc(Cc2nc(C)cs2)sc1C. The first kappa shape index (κ1) is 12.2. The quantitative estimate of drug-likeness (QED) is 0.803. The van der Waals surface area contributed by atoms with Crippen LogP contribution in [-0.2, 0) is 11.2 Å². The van der Waals surface area contributed by atoms with E-state index in [9.17, 15) is 4.79 Å². The molecule has 0 aromatic carbocycles. The summed E-state index contributed by atoms with van der Waals surface area (Å²) in [4.78, 5) is 21.0. The van der Waals surface area contributed by atoms with Crippen LogP contribution >= 0.6 is 22.7 Å². The zero-order valence-corrected chi connectivity index (χ0v) is 11.4. The maximum Gasteiger partial charge on any atom is 0.357 e. The largest absolute Gasteiger partial charge is 0.464 e. The van der Waals surface area contributed by atoms with Crippen LogP contribution in [0.25, 0.3) is 0 Å². The van der Waals surface area contributed by atoms with Gasteiger partial charge in [-0.1, -0.05) is 0 Å². The summed E-state index contributed by atoms with van der Waals surface area (Å²) >= 11 is 3.13. The van der Waals surface area contributed by atoms with E-state index in [2.05, 4.69) is 14.7 Å². The standard InChI is InChI=1S/C11H12N2O2S2/c1-6-5-16-8(12-6)4-9-13-10(7(2)17-9)11(14)15-3/h5H,4H2,1-3H3. The Morgan fingerprint density at radius 3 is 2.71 bits per heavy atom. The van der Waals surface area contributed by atoms with Gasteiger partial charge < -0.3 is 4.74 Å². The molecule has 2 aromatic rings. The molecule has 0 atom stereocenters. The molecule has 0 aliphatic heterocycles. The fourth-order valence-electron chi connectivity index (χ4n) is 1.43. The van der Waals surface area contributed by atoms with Crippen molar-refractivity contribution >= 4 is 28.6 Å². The zero-order chi connectivity index (χ0) is 12.4. The first-order valence-electron chi connectivity index (χ1n) is 5.05. The molecule has 0 radical (unpaired) electrons. The highest BCUT2D eigenvalue weighted by Crippen LogP contribution is 2.22. The van der Waals surface area contributed by atoms with E-state index >= 15 is 0 Å². The van der Waals surface area contributed by atoms with Gasteiger partial charge in [0.05, 0.1) is 18.5 Å². The smallest absolute Gasteiger partial charge is 0.357 e. The molecule has 2 aromatic heterocycles. The average molecular weight is 268 g/mol. The number of methoxy groups -OCH3 is 1. The van der Waals surface area contributed by atoms with Crippen molar-refractivity contribution in [1.29, 1.82) is 0 Å². The Bertz CT molecular complexity index is 545. The number of hydrogen-bond acceptors (Lipinski definition) is 6. The molecule has 4 nitrogen and oxygen atoms in total. The Kier molecular flexibility index (Phi) is 3.54. The molecule has 0 amide bonds. The lowest BCUT2D eigenvalue weighted by Crippen LogP contribution is -2.03. The van der Waals surface area contributed by atoms with Crippen molar-refractivity contribution in [3.63, 3.8) is 0 Å². The number of thiazole rings is 2. The van der Waals surface area contributed by atoms with E-state index in [4.69, 9.17) is 0 Å². The highest BCUT2D eigenvalue weighted by Gasteiger charge is 2.16. The molecule has 6 heteroatoms. The molecular weight excluding hydrogens is 256 g/mol. The Hall–Kier alpha value is -1.27. The summed E-state index contributed by atoms with van der Waals surface area (Å²) in [7, 11) is 1.37. The van der Waals surface area contributed by atoms with Gasteiger partial charge in [0.2, 0.25) is 0 Å². The molecule has 0 spiro atoms. The van der Waals surface area contributed by atoms with Gasteiger partial charge in [-0.25, -0.2) is 14.8 Å². The minimum Gasteiger partial charge on any atom is -0.464 e. The van der Waals surface area contributed by atoms with E-state index < -0.39 is 0 Å². The lowest BCUT2D eigenvalue weighted by Gasteiger charge is -1.93. The molecule has 2 rings (SSSR count). The third-order valence-electron chi connectivity index (χ3n) is 2.19. The van der Waals surface area contributed by atoms with Crippen molar-refractivity contribution < 1.29 is 9.53 Å². The molecular formula is C11H12N2O2S2. The van der Waals surface area contributed by atoms with Crippen molar-refractivity contribution in [2.45, 2.75) is 20.3 Å². The summed E-state index contributed by atoms with van der Waals surface area (Å²) in [6.45, 7) is 3.84. The Morgan fingerprint density at radius 2 is 2.12 bits per heavy atom. The Morgan fingerprint density at radius 1 is 1.35 bits per heavy atom. The van der Waals surface area contributed by atoms with Crippen LogP contribution in [0.4, 0.5) is 0 Å². The predicted octanol–water partition coefficient (Wildman–Crippen LogP) is 2.59. The molecule has 0 saturated carbocycles. The number of ether oxygens (including phenoxy) is 1. The van der Waals surface area contributed by atoms with E-state index in [-0.39, 0.29) is 5.97 Å². The maximum absolute atomic E-state index is 11.4. The maximum atomic E-state index is 11.4. The van der Waals surface area contributed by atoms with Gasteiger partial charge in [-0.3, -0.25) is 0 Å². The molecule has 17 heavy (non-hydrogen) atoms. The highest BCUT2D eigenvalue weighted by molar-refractivity contribution is 7.12. The molecule has 0 bridgehead atoms. The van der Waals surface area contributed by atoms with Crippen LogP contribution in [0.5, 0.6) is 0 Å². The number of hydrogen-bond donors (Lipinski definition) is 0. The minimum absolute atomic E-state index is 0.375. The van der Waals surface area contributed by atoms with Gasteiger partial charge in [0, 0.05) is 16.0 Å². The second-order valence-corrected chi connectivity index (χ2v) is 5.79. The van der Waals surface area contributed by atoms with Gasteiger partial charge in [-0.05, 0) is 13.8 Å². The monoisotopic (exact) mass is 268 g/mol. The molecule has 0 saturated heterocycles. The number of nitrogens with zero attached hydrogens (tertiary/aromatic N) is 2. The molecule has 0 fully saturated rings. The fourth-order valence-corrected chi connectivity index (χ4v) is 3.22. The summed E-state index contributed by atoms with van der Waals surface area (Å²) in [5.41, 5.74) is 1.44. The normalized spacial score (nSPS) is 10.5. The summed E-state index contributed by atoms with van der Waals surface area (Å²) in [5, 5.41) is 3.93. The van der Waals surface area contributed by atoms with Crippen molar-refractivity contribution in [2.75, 3.05) is 7.11 Å². The number of carbonyl (C=O) groups excluding carboxylic acids is 1.